The zero-order valence-corrected chi connectivity index (χ0v) is 12.4. The number of hydrogen-bond donors (Lipinski definition) is 0. The Kier molecular flexibility index (Phi) is 3.86. The number of hydrogen-bond acceptors (Lipinski definition) is 6. The van der Waals surface area contributed by atoms with Gasteiger partial charge < -0.3 is 14.3 Å². The van der Waals surface area contributed by atoms with Crippen molar-refractivity contribution >= 4 is 11.0 Å². The van der Waals surface area contributed by atoms with Gasteiger partial charge in [-0.3, -0.25) is 10.3 Å². The van der Waals surface area contributed by atoms with E-state index in [0.29, 0.717) is 17.2 Å². The minimum atomic E-state index is -0.347. The van der Waals surface area contributed by atoms with E-state index in [1.54, 1.807) is 0 Å². The first-order chi connectivity index (χ1) is 10.7. The molecule has 0 atom stereocenters. The van der Waals surface area contributed by atoms with Crippen LogP contribution in [0.15, 0.2) is 27.4 Å². The summed E-state index contributed by atoms with van der Waals surface area (Å²) in [7, 11) is 0. The van der Waals surface area contributed by atoms with Crippen LogP contribution in [0, 0.1) is 6.92 Å². The number of rotatable bonds is 5. The summed E-state index contributed by atoms with van der Waals surface area (Å²) in [6, 6.07) is 5.27. The Bertz CT molecular complexity index is 840. The van der Waals surface area contributed by atoms with E-state index in [1.165, 1.54) is 6.07 Å². The normalized spacial score (nSPS) is 11.0. The molecule has 114 valence electrons. The number of benzene rings is 1. The number of aromatic nitrogens is 4. The van der Waals surface area contributed by atoms with Crippen LogP contribution in [0.2, 0.25) is 0 Å². The van der Waals surface area contributed by atoms with E-state index in [9.17, 15) is 4.79 Å². The Morgan fingerprint density at radius 1 is 1.32 bits per heavy atom. The van der Waals surface area contributed by atoms with Crippen molar-refractivity contribution in [3.05, 3.63) is 45.6 Å². The molecule has 0 N–H and O–H groups in total. The summed E-state index contributed by atoms with van der Waals surface area (Å²) in [5.41, 5.74) is 2.05. The first kappa shape index (κ1) is 14.2. The van der Waals surface area contributed by atoms with Gasteiger partial charge in [0.1, 0.15) is 17.9 Å². The highest BCUT2D eigenvalue weighted by molar-refractivity contribution is 5.87. The summed E-state index contributed by atoms with van der Waals surface area (Å²) in [5, 5.41) is 15.1. The van der Waals surface area contributed by atoms with Crippen molar-refractivity contribution < 1.29 is 9.15 Å². The van der Waals surface area contributed by atoms with Crippen LogP contribution < -0.4 is 15.5 Å². The molecule has 0 aliphatic carbocycles. The summed E-state index contributed by atoms with van der Waals surface area (Å²) in [5.74, 6) is 1.05. The topological polar surface area (TPSA) is 92.2 Å². The predicted octanol–water partition coefficient (Wildman–Crippen LogP) is 1.78. The quantitative estimate of drug-likeness (QED) is 0.663. The molecule has 0 aliphatic rings. The van der Waals surface area contributed by atoms with Crippen LogP contribution >= 0.6 is 0 Å². The summed E-state index contributed by atoms with van der Waals surface area (Å²) in [4.78, 5) is 11.7. The van der Waals surface area contributed by atoms with Crippen LogP contribution in [0.25, 0.3) is 11.0 Å². The second kappa shape index (κ2) is 5.97. The van der Waals surface area contributed by atoms with E-state index >= 15 is 0 Å². The van der Waals surface area contributed by atoms with Gasteiger partial charge in [0, 0.05) is 11.9 Å². The molecule has 0 amide bonds. The van der Waals surface area contributed by atoms with Crippen LogP contribution in [-0.2, 0) is 13.0 Å². The van der Waals surface area contributed by atoms with Gasteiger partial charge >= 0.3 is 5.63 Å². The van der Waals surface area contributed by atoms with Crippen LogP contribution in [0.5, 0.6) is 5.75 Å². The molecule has 2 heterocycles. The van der Waals surface area contributed by atoms with E-state index in [2.05, 4.69) is 27.5 Å². The van der Waals surface area contributed by atoms with Crippen molar-refractivity contribution in [3.63, 3.8) is 0 Å². The lowest BCUT2D eigenvalue weighted by molar-refractivity contribution is 0.298. The van der Waals surface area contributed by atoms with E-state index < -0.39 is 0 Å². The van der Waals surface area contributed by atoms with Gasteiger partial charge in [-0.1, -0.05) is 13.3 Å². The highest BCUT2D eigenvalue weighted by atomic mass is 16.5. The lowest BCUT2D eigenvalue weighted by Crippen LogP contribution is -2.04. The fraction of sp³-hybridized carbons (Fsp3) is 0.333. The van der Waals surface area contributed by atoms with Crippen LogP contribution in [0.4, 0.5) is 0 Å². The maximum atomic E-state index is 11.7. The van der Waals surface area contributed by atoms with Crippen LogP contribution in [0.1, 0.15) is 30.3 Å². The van der Waals surface area contributed by atoms with Gasteiger partial charge in [0.25, 0.3) is 0 Å². The fourth-order valence-corrected chi connectivity index (χ4v) is 2.41. The van der Waals surface area contributed by atoms with Crippen molar-refractivity contribution in [2.75, 3.05) is 0 Å². The predicted molar refractivity (Wildman–Crippen MR) is 78.7 cm³/mol. The summed E-state index contributed by atoms with van der Waals surface area (Å²) in [6.07, 6.45) is 1.70. The second-order valence-electron chi connectivity index (χ2n) is 5.06. The van der Waals surface area contributed by atoms with Gasteiger partial charge in [0.05, 0.1) is 5.39 Å². The van der Waals surface area contributed by atoms with Gasteiger partial charge in [-0.25, -0.2) is 4.79 Å². The molecule has 0 saturated carbocycles. The molecule has 0 radical (unpaired) electrons. The van der Waals surface area contributed by atoms with Gasteiger partial charge in [-0.05, 0) is 36.6 Å². The van der Waals surface area contributed by atoms with Crippen LogP contribution in [0.3, 0.4) is 0 Å². The van der Waals surface area contributed by atoms with E-state index in [1.807, 2.05) is 19.1 Å². The molecule has 0 unspecified atom stereocenters. The van der Waals surface area contributed by atoms with Crippen molar-refractivity contribution in [1.82, 2.24) is 20.6 Å². The smallest absolute Gasteiger partial charge is 0.336 e. The largest absolute Gasteiger partial charge is 0.488 e. The van der Waals surface area contributed by atoms with E-state index in [4.69, 9.17) is 9.15 Å². The maximum Gasteiger partial charge on any atom is 0.336 e. The van der Waals surface area contributed by atoms with Crippen molar-refractivity contribution in [3.8, 4) is 5.75 Å². The zero-order valence-electron chi connectivity index (χ0n) is 12.4. The molecular weight excluding hydrogens is 284 g/mol. The van der Waals surface area contributed by atoms with Crippen molar-refractivity contribution in [2.45, 2.75) is 33.3 Å². The minimum absolute atomic E-state index is 0.163. The molecule has 0 aliphatic heterocycles. The molecule has 1 aromatic carbocycles. The average Bonchev–Trinajstić information content (AvgIpc) is 2.97. The molecule has 3 rings (SSSR count). The number of fused-ring (bicyclic) bond motifs is 1. The molecule has 22 heavy (non-hydrogen) atoms. The Balaban J connectivity index is 2.08. The third-order valence-corrected chi connectivity index (χ3v) is 3.27. The fourth-order valence-electron chi connectivity index (χ4n) is 2.41. The molecule has 0 spiro atoms. The Morgan fingerprint density at radius 3 is 2.91 bits per heavy atom. The molecular formula is C15H15N4O3-. The molecule has 7 nitrogen and oxygen atoms in total. The van der Waals surface area contributed by atoms with Gasteiger partial charge in [-0.15, -0.1) is 0 Å². The first-order valence-corrected chi connectivity index (χ1v) is 7.05. The monoisotopic (exact) mass is 299 g/mol. The standard InChI is InChI=1S/C15H15N4O3/c1-3-4-10-7-14(20)22-12-6-9(2)5-11(15(10)12)21-8-13-16-18-19-17-13/h5-7H,3-4,8H2,1-2H3/q-1. The highest BCUT2D eigenvalue weighted by Crippen LogP contribution is 2.30. The average molecular weight is 299 g/mol. The summed E-state index contributed by atoms with van der Waals surface area (Å²) >= 11 is 0. The van der Waals surface area contributed by atoms with Gasteiger partial charge in [-0.2, -0.15) is 5.21 Å². The third-order valence-electron chi connectivity index (χ3n) is 3.27. The second-order valence-corrected chi connectivity index (χ2v) is 5.06. The number of tetrazole rings is 1. The van der Waals surface area contributed by atoms with E-state index in [0.717, 1.165) is 29.4 Å². The van der Waals surface area contributed by atoms with Crippen molar-refractivity contribution in [2.24, 2.45) is 0 Å². The summed E-state index contributed by atoms with van der Waals surface area (Å²) < 4.78 is 11.1. The molecule has 3 aromatic rings. The lowest BCUT2D eigenvalue weighted by atomic mass is 10.0. The highest BCUT2D eigenvalue weighted by Gasteiger charge is 2.12. The van der Waals surface area contributed by atoms with Gasteiger partial charge in [0.15, 0.2) is 0 Å². The Hall–Kier alpha value is -2.70. The molecule has 0 bridgehead atoms. The number of aryl methyl sites for hydroxylation is 2. The van der Waals surface area contributed by atoms with Gasteiger partial charge in [0.2, 0.25) is 0 Å². The third kappa shape index (κ3) is 2.83. The molecule has 7 heteroatoms. The Morgan fingerprint density at radius 2 is 2.18 bits per heavy atom. The van der Waals surface area contributed by atoms with E-state index in [-0.39, 0.29) is 12.2 Å². The maximum absolute atomic E-state index is 11.7. The molecule has 0 fully saturated rings. The minimum Gasteiger partial charge on any atom is -0.488 e. The zero-order chi connectivity index (χ0) is 15.5. The Labute approximate surface area is 126 Å². The molecule has 0 saturated heterocycles. The van der Waals surface area contributed by atoms with Crippen LogP contribution in [-0.4, -0.2) is 15.5 Å². The number of ether oxygens (including phenoxy) is 1. The molecule has 2 aromatic heterocycles. The SMILES string of the molecule is CCCc1cc(=O)oc2cc(C)cc(OCc3nnn[n-]3)c12. The lowest BCUT2D eigenvalue weighted by Gasteiger charge is -2.12. The first-order valence-electron chi connectivity index (χ1n) is 7.05. The van der Waals surface area contributed by atoms with Crippen molar-refractivity contribution in [1.29, 1.82) is 0 Å². The number of nitrogens with zero attached hydrogens (tertiary/aromatic N) is 4. The summed E-state index contributed by atoms with van der Waals surface area (Å²) in [6.45, 7) is 4.14.